The Kier molecular flexibility index (Phi) is 8.99. The minimum absolute atomic E-state index is 0.164. The number of rotatable bonds is 11. The molecule has 0 radical (unpaired) electrons. The number of halogens is 1. The third kappa shape index (κ3) is 6.07. The third-order valence-electron chi connectivity index (χ3n) is 6.31. The van der Waals surface area contributed by atoms with Crippen LogP contribution in [0.3, 0.4) is 0 Å². The summed E-state index contributed by atoms with van der Waals surface area (Å²) >= 11 is 2.62. The molecule has 1 aromatic heterocycles. The summed E-state index contributed by atoms with van der Waals surface area (Å²) in [6, 6.07) is 18.8. The number of benzene rings is 3. The standard InChI is InChI=1S/C31H26FN3O5S2/c1-3-16-40-23-15-12-21(17-24(23)39-4-2)26-25(27(36)20-10-13-22(32)14-11-20)28(37)29(38)35(26)30-33-34-31(42-30)41-18-19-8-6-5-7-9-19/h3,5-15,17,26,36H,1,4,16,18H2,2H3/b27-25+. The molecule has 0 bridgehead atoms. The summed E-state index contributed by atoms with van der Waals surface area (Å²) in [5.74, 6) is -1.23. The Hall–Kier alpha value is -4.48. The van der Waals surface area contributed by atoms with E-state index in [0.29, 0.717) is 33.8 Å². The zero-order valence-electron chi connectivity index (χ0n) is 22.5. The number of thioether (sulfide) groups is 1. The fourth-order valence-electron chi connectivity index (χ4n) is 4.42. The van der Waals surface area contributed by atoms with Crippen LogP contribution in [0.2, 0.25) is 0 Å². The molecule has 1 amide bonds. The highest BCUT2D eigenvalue weighted by molar-refractivity contribution is 8.00. The summed E-state index contributed by atoms with van der Waals surface area (Å²) in [6.45, 7) is 6.07. The van der Waals surface area contributed by atoms with Crippen molar-refractivity contribution in [1.82, 2.24) is 10.2 Å². The molecule has 11 heteroatoms. The van der Waals surface area contributed by atoms with Crippen molar-refractivity contribution in [3.8, 4) is 11.5 Å². The normalized spacial score (nSPS) is 16.0. The molecule has 1 atom stereocenters. The first-order valence-electron chi connectivity index (χ1n) is 13.0. The van der Waals surface area contributed by atoms with E-state index < -0.39 is 29.3 Å². The van der Waals surface area contributed by atoms with Crippen LogP contribution in [0.25, 0.3) is 5.76 Å². The third-order valence-corrected chi connectivity index (χ3v) is 8.44. The lowest BCUT2D eigenvalue weighted by Gasteiger charge is -2.23. The van der Waals surface area contributed by atoms with Gasteiger partial charge in [-0.05, 0) is 54.4 Å². The maximum absolute atomic E-state index is 13.6. The van der Waals surface area contributed by atoms with Crippen LogP contribution in [0.15, 0.2) is 95.4 Å². The number of carbonyl (C=O) groups is 2. The van der Waals surface area contributed by atoms with E-state index in [0.717, 1.165) is 5.56 Å². The zero-order valence-corrected chi connectivity index (χ0v) is 24.2. The highest BCUT2D eigenvalue weighted by Gasteiger charge is 2.48. The van der Waals surface area contributed by atoms with Crippen LogP contribution >= 0.6 is 23.1 Å². The quantitative estimate of drug-likeness (QED) is 0.0514. The summed E-state index contributed by atoms with van der Waals surface area (Å²) in [5, 5.41) is 20.0. The Labute approximate surface area is 250 Å². The SMILES string of the molecule is C=CCOc1ccc(C2/C(=C(\O)c3ccc(F)cc3)C(=O)C(=O)N2c2nnc(SCc3ccccc3)s2)cc1OCC. The summed E-state index contributed by atoms with van der Waals surface area (Å²) in [6.07, 6.45) is 1.60. The number of carbonyl (C=O) groups excluding carboxylic acids is 2. The Morgan fingerprint density at radius 2 is 1.83 bits per heavy atom. The zero-order chi connectivity index (χ0) is 29.6. The molecule has 0 aliphatic carbocycles. The first-order valence-corrected chi connectivity index (χ1v) is 14.8. The van der Waals surface area contributed by atoms with Crippen molar-refractivity contribution >= 4 is 45.7 Å². The number of Topliss-reactive ketones (excluding diaryl/α,β-unsaturated/α-hetero) is 1. The van der Waals surface area contributed by atoms with Gasteiger partial charge in [0.1, 0.15) is 18.2 Å². The lowest BCUT2D eigenvalue weighted by Crippen LogP contribution is -2.29. The van der Waals surface area contributed by atoms with Crippen LogP contribution in [0, 0.1) is 5.82 Å². The maximum atomic E-state index is 13.6. The number of aliphatic hydroxyl groups excluding tert-OH is 1. The first kappa shape index (κ1) is 29.0. The summed E-state index contributed by atoms with van der Waals surface area (Å²) in [7, 11) is 0. The lowest BCUT2D eigenvalue weighted by molar-refractivity contribution is -0.132. The second-order valence-corrected chi connectivity index (χ2v) is 11.2. The second kappa shape index (κ2) is 13.0. The van der Waals surface area contributed by atoms with E-state index in [1.807, 2.05) is 37.3 Å². The van der Waals surface area contributed by atoms with E-state index in [1.165, 1.54) is 52.3 Å². The molecule has 0 spiro atoms. The number of aromatic nitrogens is 2. The maximum Gasteiger partial charge on any atom is 0.301 e. The van der Waals surface area contributed by atoms with E-state index in [4.69, 9.17) is 9.47 Å². The van der Waals surface area contributed by atoms with Crippen molar-refractivity contribution < 1.29 is 28.6 Å². The van der Waals surface area contributed by atoms with Crippen LogP contribution in [0.5, 0.6) is 11.5 Å². The summed E-state index contributed by atoms with van der Waals surface area (Å²) < 4.78 is 25.8. The summed E-state index contributed by atoms with van der Waals surface area (Å²) in [4.78, 5) is 28.3. The van der Waals surface area contributed by atoms with Gasteiger partial charge in [0.15, 0.2) is 15.8 Å². The topological polar surface area (TPSA) is 102 Å². The van der Waals surface area contributed by atoms with Gasteiger partial charge in [-0.15, -0.1) is 10.2 Å². The molecule has 1 aliphatic rings. The Bertz CT molecular complexity index is 1640. The van der Waals surface area contributed by atoms with E-state index in [2.05, 4.69) is 16.8 Å². The minimum Gasteiger partial charge on any atom is -0.507 e. The van der Waals surface area contributed by atoms with E-state index >= 15 is 0 Å². The summed E-state index contributed by atoms with van der Waals surface area (Å²) in [5.41, 5.74) is 1.59. The molecule has 1 unspecified atom stereocenters. The van der Waals surface area contributed by atoms with Crippen molar-refractivity contribution in [3.63, 3.8) is 0 Å². The van der Waals surface area contributed by atoms with Crippen molar-refractivity contribution in [2.24, 2.45) is 0 Å². The van der Waals surface area contributed by atoms with E-state index in [-0.39, 0.29) is 22.9 Å². The van der Waals surface area contributed by atoms with Gasteiger partial charge in [0.2, 0.25) is 5.13 Å². The van der Waals surface area contributed by atoms with Gasteiger partial charge in [-0.25, -0.2) is 4.39 Å². The number of hydrogen-bond acceptors (Lipinski definition) is 9. The van der Waals surface area contributed by atoms with Crippen LogP contribution < -0.4 is 14.4 Å². The van der Waals surface area contributed by atoms with Gasteiger partial charge in [-0.1, -0.05) is 72.2 Å². The molecule has 214 valence electrons. The molecule has 42 heavy (non-hydrogen) atoms. The molecule has 4 aromatic rings. The molecule has 5 rings (SSSR count). The average molecular weight is 604 g/mol. The van der Waals surface area contributed by atoms with Crippen molar-refractivity contribution in [2.45, 2.75) is 23.1 Å². The molecule has 3 aromatic carbocycles. The Balaban J connectivity index is 1.59. The van der Waals surface area contributed by atoms with Crippen LogP contribution in [0.4, 0.5) is 9.52 Å². The van der Waals surface area contributed by atoms with Crippen LogP contribution in [-0.2, 0) is 15.3 Å². The predicted molar refractivity (Wildman–Crippen MR) is 160 cm³/mol. The van der Waals surface area contributed by atoms with Gasteiger partial charge in [-0.2, -0.15) is 0 Å². The van der Waals surface area contributed by atoms with Gasteiger partial charge >= 0.3 is 5.91 Å². The number of anilines is 1. The molecule has 2 heterocycles. The molecule has 8 nitrogen and oxygen atoms in total. The largest absolute Gasteiger partial charge is 0.507 e. The Morgan fingerprint density at radius 3 is 2.55 bits per heavy atom. The van der Waals surface area contributed by atoms with E-state index in [1.54, 1.807) is 24.3 Å². The number of ketones is 1. The average Bonchev–Trinajstić information content (AvgIpc) is 3.58. The van der Waals surface area contributed by atoms with Crippen molar-refractivity contribution in [2.75, 3.05) is 18.1 Å². The highest BCUT2D eigenvalue weighted by Crippen LogP contribution is 2.45. The van der Waals surface area contributed by atoms with Gasteiger partial charge < -0.3 is 14.6 Å². The highest BCUT2D eigenvalue weighted by atomic mass is 32.2. The van der Waals surface area contributed by atoms with E-state index in [9.17, 15) is 19.1 Å². The van der Waals surface area contributed by atoms with Gasteiger partial charge in [0, 0.05) is 11.3 Å². The van der Waals surface area contributed by atoms with Gasteiger partial charge in [0.05, 0.1) is 18.2 Å². The first-order chi connectivity index (χ1) is 20.4. The molecule has 0 saturated carbocycles. The number of ether oxygens (including phenoxy) is 2. The fourth-order valence-corrected chi connectivity index (χ4v) is 6.24. The lowest BCUT2D eigenvalue weighted by atomic mass is 9.95. The predicted octanol–water partition coefficient (Wildman–Crippen LogP) is 6.56. The fraction of sp³-hybridized carbons (Fsp3) is 0.161. The minimum atomic E-state index is -1.07. The molecular weight excluding hydrogens is 577 g/mol. The van der Waals surface area contributed by atoms with Crippen LogP contribution in [0.1, 0.15) is 29.7 Å². The second-order valence-electron chi connectivity index (χ2n) is 9.04. The number of nitrogens with zero attached hydrogens (tertiary/aromatic N) is 3. The molecule has 1 fully saturated rings. The number of amides is 1. The molecular formula is C31H26FN3O5S2. The van der Waals surface area contributed by atoms with Crippen molar-refractivity contribution in [1.29, 1.82) is 0 Å². The van der Waals surface area contributed by atoms with Crippen molar-refractivity contribution in [3.05, 3.63) is 114 Å². The molecule has 1 saturated heterocycles. The Morgan fingerprint density at radius 1 is 1.07 bits per heavy atom. The van der Waals surface area contributed by atoms with Crippen LogP contribution in [-0.4, -0.2) is 40.2 Å². The van der Waals surface area contributed by atoms with Gasteiger partial charge in [0.25, 0.3) is 5.78 Å². The monoisotopic (exact) mass is 603 g/mol. The molecule has 1 aliphatic heterocycles. The molecule has 1 N–H and O–H groups in total. The van der Waals surface area contributed by atoms with Gasteiger partial charge in [-0.3, -0.25) is 14.5 Å². The smallest absolute Gasteiger partial charge is 0.301 e. The number of hydrogen-bond donors (Lipinski definition) is 1. The number of aliphatic hydroxyl groups is 1.